The van der Waals surface area contributed by atoms with Crippen LogP contribution in [-0.2, 0) is 6.61 Å². The molecule has 0 radical (unpaired) electrons. The Kier molecular flexibility index (Phi) is 5.81. The molecule has 0 saturated heterocycles. The third-order valence-corrected chi connectivity index (χ3v) is 6.38. The van der Waals surface area contributed by atoms with Crippen LogP contribution in [0.25, 0.3) is 20.8 Å². The first-order chi connectivity index (χ1) is 16.5. The molecule has 0 unspecified atom stereocenters. The van der Waals surface area contributed by atoms with Gasteiger partial charge in [-0.2, -0.15) is 0 Å². The molecule has 0 aliphatic carbocycles. The Morgan fingerprint density at radius 3 is 2.71 bits per heavy atom. The smallest absolute Gasteiger partial charge is 0.278 e. The van der Waals surface area contributed by atoms with E-state index in [2.05, 4.69) is 23.5 Å². The zero-order valence-corrected chi connectivity index (χ0v) is 19.3. The van der Waals surface area contributed by atoms with E-state index >= 15 is 0 Å². The summed E-state index contributed by atoms with van der Waals surface area (Å²) in [5, 5.41) is 7.65. The normalized spacial score (nSPS) is 11.0. The van der Waals surface area contributed by atoms with Gasteiger partial charge < -0.3 is 14.6 Å². The first-order valence-electron chi connectivity index (χ1n) is 10.6. The lowest BCUT2D eigenvalue weighted by atomic mass is 10.1. The summed E-state index contributed by atoms with van der Waals surface area (Å²) in [7, 11) is 0. The van der Waals surface area contributed by atoms with E-state index in [-0.39, 0.29) is 12.3 Å². The molecule has 0 bridgehead atoms. The molecule has 0 spiro atoms. The molecule has 3 aromatic carbocycles. The van der Waals surface area contributed by atoms with Crippen molar-refractivity contribution in [2.45, 2.75) is 20.5 Å². The zero-order chi connectivity index (χ0) is 23.7. The number of benzene rings is 3. The third-order valence-electron chi connectivity index (χ3n) is 5.31. The van der Waals surface area contributed by atoms with Crippen molar-refractivity contribution in [2.75, 3.05) is 5.32 Å². The number of halogens is 1. The fourth-order valence-electron chi connectivity index (χ4n) is 3.49. The van der Waals surface area contributed by atoms with Crippen molar-refractivity contribution < 1.29 is 18.4 Å². The van der Waals surface area contributed by atoms with Crippen molar-refractivity contribution in [3.8, 4) is 16.3 Å². The van der Waals surface area contributed by atoms with Gasteiger partial charge in [-0.15, -0.1) is 11.3 Å². The maximum Gasteiger partial charge on any atom is 0.278 e. The van der Waals surface area contributed by atoms with Crippen molar-refractivity contribution >= 4 is 33.1 Å². The highest BCUT2D eigenvalue weighted by atomic mass is 32.1. The summed E-state index contributed by atoms with van der Waals surface area (Å²) in [5.41, 5.74) is 4.38. The van der Waals surface area contributed by atoms with Gasteiger partial charge in [-0.3, -0.25) is 4.79 Å². The van der Waals surface area contributed by atoms with Crippen LogP contribution >= 0.6 is 11.3 Å². The maximum absolute atomic E-state index is 13.4. The molecule has 8 heteroatoms. The minimum absolute atomic E-state index is 0.0254. The second-order valence-corrected chi connectivity index (χ2v) is 8.86. The summed E-state index contributed by atoms with van der Waals surface area (Å²) in [4.78, 5) is 17.6. The van der Waals surface area contributed by atoms with Crippen molar-refractivity contribution in [3.63, 3.8) is 0 Å². The van der Waals surface area contributed by atoms with Crippen molar-refractivity contribution in [2.24, 2.45) is 0 Å². The number of aryl methyl sites for hydroxylation is 2. The average Bonchev–Trinajstić information content (AvgIpc) is 3.41. The van der Waals surface area contributed by atoms with E-state index in [9.17, 15) is 9.18 Å². The van der Waals surface area contributed by atoms with Crippen LogP contribution < -0.4 is 10.1 Å². The molecule has 0 aliphatic heterocycles. The van der Waals surface area contributed by atoms with Gasteiger partial charge >= 0.3 is 0 Å². The number of anilines is 1. The molecule has 0 aliphatic rings. The lowest BCUT2D eigenvalue weighted by molar-refractivity contribution is 0.101. The van der Waals surface area contributed by atoms with Crippen LogP contribution in [0.5, 0.6) is 5.75 Å². The second kappa shape index (κ2) is 9.07. The van der Waals surface area contributed by atoms with E-state index in [1.807, 2.05) is 36.4 Å². The Morgan fingerprint density at radius 2 is 1.91 bits per heavy atom. The van der Waals surface area contributed by atoms with E-state index < -0.39 is 11.7 Å². The molecule has 0 saturated carbocycles. The molecule has 0 fully saturated rings. The number of amides is 1. The Labute approximate surface area is 199 Å². The van der Waals surface area contributed by atoms with Crippen LogP contribution in [0.3, 0.4) is 0 Å². The van der Waals surface area contributed by atoms with Crippen LogP contribution in [-0.4, -0.2) is 16.0 Å². The van der Waals surface area contributed by atoms with Crippen molar-refractivity contribution in [1.29, 1.82) is 0 Å². The van der Waals surface area contributed by atoms with Gasteiger partial charge in [0.05, 0.1) is 15.8 Å². The third kappa shape index (κ3) is 4.53. The number of hydrogen-bond donors (Lipinski definition) is 1. The summed E-state index contributed by atoms with van der Waals surface area (Å²) in [6.07, 6.45) is 0. The van der Waals surface area contributed by atoms with Gasteiger partial charge in [0.1, 0.15) is 28.9 Å². The number of fused-ring (bicyclic) bond motifs is 1. The van der Waals surface area contributed by atoms with Crippen LogP contribution in [0.4, 0.5) is 10.1 Å². The molecule has 6 nitrogen and oxygen atoms in total. The van der Waals surface area contributed by atoms with Crippen LogP contribution in [0.1, 0.15) is 27.4 Å². The Balaban J connectivity index is 1.29. The number of aromatic nitrogens is 2. The minimum Gasteiger partial charge on any atom is -0.489 e. The largest absolute Gasteiger partial charge is 0.489 e. The summed E-state index contributed by atoms with van der Waals surface area (Å²) in [5.74, 6) is -0.00431. The highest BCUT2D eigenvalue weighted by Crippen LogP contribution is 2.31. The number of nitrogens with zero attached hydrogens (tertiary/aromatic N) is 2. The first-order valence-corrected chi connectivity index (χ1v) is 11.4. The molecule has 1 N–H and O–H groups in total. The Hall–Kier alpha value is -4.04. The predicted molar refractivity (Wildman–Crippen MR) is 130 cm³/mol. The van der Waals surface area contributed by atoms with Gasteiger partial charge in [0.25, 0.3) is 5.91 Å². The molecule has 2 aromatic heterocycles. The maximum atomic E-state index is 13.4. The lowest BCUT2D eigenvalue weighted by Crippen LogP contribution is -2.15. The predicted octanol–water partition coefficient (Wildman–Crippen LogP) is 6.54. The molecule has 2 heterocycles. The molecular formula is C26H20FN3O3S. The number of ether oxygens (including phenoxy) is 1. The fourth-order valence-corrected chi connectivity index (χ4v) is 4.56. The van der Waals surface area contributed by atoms with Gasteiger partial charge in [0, 0.05) is 17.3 Å². The van der Waals surface area contributed by atoms with Crippen molar-refractivity contribution in [1.82, 2.24) is 10.1 Å². The topological polar surface area (TPSA) is 77.3 Å². The van der Waals surface area contributed by atoms with E-state index in [0.29, 0.717) is 22.8 Å². The fraction of sp³-hybridized carbons (Fsp3) is 0.115. The first kappa shape index (κ1) is 21.8. The molecule has 5 rings (SSSR count). The van der Waals surface area contributed by atoms with Gasteiger partial charge in [0.15, 0.2) is 5.69 Å². The quantitative estimate of drug-likeness (QED) is 0.303. The van der Waals surface area contributed by atoms with E-state index in [0.717, 1.165) is 20.8 Å². The molecule has 0 atom stereocenters. The van der Waals surface area contributed by atoms with Gasteiger partial charge in [0.2, 0.25) is 0 Å². The van der Waals surface area contributed by atoms with E-state index in [4.69, 9.17) is 14.2 Å². The van der Waals surface area contributed by atoms with Crippen molar-refractivity contribution in [3.05, 3.63) is 95.1 Å². The molecule has 170 valence electrons. The van der Waals surface area contributed by atoms with Gasteiger partial charge in [-0.1, -0.05) is 17.3 Å². The average molecular weight is 474 g/mol. The summed E-state index contributed by atoms with van der Waals surface area (Å²) < 4.78 is 25.4. The second-order valence-electron chi connectivity index (χ2n) is 7.83. The Bertz CT molecular complexity index is 1490. The van der Waals surface area contributed by atoms with E-state index in [1.165, 1.54) is 17.7 Å². The molecule has 1 amide bonds. The molecule has 34 heavy (non-hydrogen) atoms. The number of carbonyl (C=O) groups is 1. The van der Waals surface area contributed by atoms with E-state index in [1.54, 1.807) is 30.4 Å². The number of thiazole rings is 1. The monoisotopic (exact) mass is 473 g/mol. The molecule has 5 aromatic rings. The number of rotatable bonds is 6. The van der Waals surface area contributed by atoms with Gasteiger partial charge in [-0.05, 0) is 67.9 Å². The van der Waals surface area contributed by atoms with Crippen LogP contribution in [0.15, 0.2) is 71.3 Å². The number of nitrogens with one attached hydrogen (secondary N) is 1. The number of carbonyl (C=O) groups excluding carboxylic acids is 1. The summed E-state index contributed by atoms with van der Waals surface area (Å²) >= 11 is 1.63. The highest BCUT2D eigenvalue weighted by Gasteiger charge is 2.21. The Morgan fingerprint density at radius 1 is 1.09 bits per heavy atom. The lowest BCUT2D eigenvalue weighted by Gasteiger charge is -2.08. The highest BCUT2D eigenvalue weighted by molar-refractivity contribution is 7.21. The van der Waals surface area contributed by atoms with Crippen LogP contribution in [0, 0.1) is 19.7 Å². The number of hydrogen-bond acceptors (Lipinski definition) is 6. The minimum atomic E-state index is -0.419. The van der Waals surface area contributed by atoms with Crippen LogP contribution in [0.2, 0.25) is 0 Å². The van der Waals surface area contributed by atoms with Gasteiger partial charge in [-0.25, -0.2) is 9.37 Å². The standard InChI is InChI=1S/C26H20FN3O3S/c1-15-6-11-22-23(12-15)34-26(29-22)17-7-9-19(10-8-17)28-25(31)24-21(16(2)33-30-24)14-32-20-5-3-4-18(27)13-20/h3-13H,14H2,1-2H3,(H,28,31). The SMILES string of the molecule is Cc1ccc2nc(-c3ccc(NC(=O)c4noc(C)c4COc4cccc(F)c4)cc3)sc2c1. The zero-order valence-electron chi connectivity index (χ0n) is 18.5. The molecular weight excluding hydrogens is 453 g/mol. The summed E-state index contributed by atoms with van der Waals surface area (Å²) in [6, 6.07) is 19.5. The summed E-state index contributed by atoms with van der Waals surface area (Å²) in [6.45, 7) is 3.78.